The minimum atomic E-state index is -0.151. The number of hydrogen-bond acceptors (Lipinski definition) is 3. The van der Waals surface area contributed by atoms with Crippen LogP contribution in [-0.4, -0.2) is 18.5 Å². The van der Waals surface area contributed by atoms with Gasteiger partial charge < -0.3 is 11.1 Å². The number of nitrogens with zero attached hydrogens (tertiary/aromatic N) is 1. The summed E-state index contributed by atoms with van der Waals surface area (Å²) in [7, 11) is 0. The SMILES string of the molecule is CCC(CN)NC(=O)c1ccc(C#N)cc1. The van der Waals surface area contributed by atoms with Crippen LogP contribution in [0.3, 0.4) is 0 Å². The van der Waals surface area contributed by atoms with Crippen molar-refractivity contribution in [2.45, 2.75) is 19.4 Å². The summed E-state index contributed by atoms with van der Waals surface area (Å²) in [5.74, 6) is -0.151. The summed E-state index contributed by atoms with van der Waals surface area (Å²) in [6, 6.07) is 8.53. The molecule has 0 fully saturated rings. The first-order valence-corrected chi connectivity index (χ1v) is 5.22. The minimum absolute atomic E-state index is 0.00291. The highest BCUT2D eigenvalue weighted by molar-refractivity contribution is 5.94. The van der Waals surface area contributed by atoms with Crippen LogP contribution in [0.4, 0.5) is 0 Å². The number of benzene rings is 1. The van der Waals surface area contributed by atoms with E-state index in [-0.39, 0.29) is 11.9 Å². The van der Waals surface area contributed by atoms with Gasteiger partial charge in [-0.25, -0.2) is 0 Å². The molecular weight excluding hydrogens is 202 g/mol. The van der Waals surface area contributed by atoms with E-state index in [1.807, 2.05) is 13.0 Å². The van der Waals surface area contributed by atoms with E-state index in [0.717, 1.165) is 6.42 Å². The van der Waals surface area contributed by atoms with E-state index in [1.54, 1.807) is 24.3 Å². The molecule has 0 bridgehead atoms. The smallest absolute Gasteiger partial charge is 0.251 e. The van der Waals surface area contributed by atoms with E-state index in [9.17, 15) is 4.79 Å². The Morgan fingerprint density at radius 1 is 1.50 bits per heavy atom. The van der Waals surface area contributed by atoms with Gasteiger partial charge >= 0.3 is 0 Å². The van der Waals surface area contributed by atoms with Crippen molar-refractivity contribution in [3.8, 4) is 6.07 Å². The molecule has 0 saturated carbocycles. The molecule has 0 aliphatic carbocycles. The fourth-order valence-corrected chi connectivity index (χ4v) is 1.29. The number of carbonyl (C=O) groups is 1. The van der Waals surface area contributed by atoms with E-state index in [0.29, 0.717) is 17.7 Å². The molecule has 0 radical (unpaired) electrons. The number of nitrogens with one attached hydrogen (secondary N) is 1. The first-order chi connectivity index (χ1) is 7.71. The predicted octanol–water partition coefficient (Wildman–Crippen LogP) is 1.03. The lowest BCUT2D eigenvalue weighted by molar-refractivity contribution is 0.0937. The second kappa shape index (κ2) is 5.89. The van der Waals surface area contributed by atoms with Crippen molar-refractivity contribution in [1.82, 2.24) is 5.32 Å². The molecule has 1 rings (SSSR count). The third kappa shape index (κ3) is 3.07. The average Bonchev–Trinajstić information content (AvgIpc) is 2.35. The van der Waals surface area contributed by atoms with Crippen LogP contribution in [0.1, 0.15) is 29.3 Å². The molecular formula is C12H15N3O. The monoisotopic (exact) mass is 217 g/mol. The van der Waals surface area contributed by atoms with Gasteiger partial charge in [0.05, 0.1) is 11.6 Å². The topological polar surface area (TPSA) is 78.9 Å². The lowest BCUT2D eigenvalue weighted by Crippen LogP contribution is -2.39. The molecule has 0 aromatic heterocycles. The Bertz CT molecular complexity index is 388. The zero-order valence-electron chi connectivity index (χ0n) is 9.23. The average molecular weight is 217 g/mol. The Labute approximate surface area is 95.1 Å². The van der Waals surface area contributed by atoms with E-state index in [4.69, 9.17) is 11.0 Å². The number of hydrogen-bond donors (Lipinski definition) is 2. The summed E-state index contributed by atoms with van der Waals surface area (Å²) < 4.78 is 0. The van der Waals surface area contributed by atoms with Gasteiger partial charge in [-0.3, -0.25) is 4.79 Å². The number of nitrogens with two attached hydrogens (primary N) is 1. The zero-order valence-corrected chi connectivity index (χ0v) is 9.23. The van der Waals surface area contributed by atoms with Crippen molar-refractivity contribution in [2.75, 3.05) is 6.54 Å². The highest BCUT2D eigenvalue weighted by atomic mass is 16.1. The largest absolute Gasteiger partial charge is 0.348 e. The summed E-state index contributed by atoms with van der Waals surface area (Å²) in [5.41, 5.74) is 6.59. The fourth-order valence-electron chi connectivity index (χ4n) is 1.29. The van der Waals surface area contributed by atoms with Crippen LogP contribution < -0.4 is 11.1 Å². The van der Waals surface area contributed by atoms with Gasteiger partial charge in [-0.2, -0.15) is 5.26 Å². The third-order valence-electron chi connectivity index (χ3n) is 2.39. The maximum Gasteiger partial charge on any atom is 0.251 e. The number of nitriles is 1. The Hall–Kier alpha value is -1.86. The molecule has 84 valence electrons. The van der Waals surface area contributed by atoms with Gasteiger partial charge in [0.2, 0.25) is 0 Å². The Balaban J connectivity index is 2.70. The van der Waals surface area contributed by atoms with E-state index >= 15 is 0 Å². The molecule has 1 atom stereocenters. The van der Waals surface area contributed by atoms with Crippen LogP contribution in [0, 0.1) is 11.3 Å². The number of carbonyl (C=O) groups excluding carboxylic acids is 1. The summed E-state index contributed by atoms with van der Waals surface area (Å²) in [5, 5.41) is 11.4. The quantitative estimate of drug-likeness (QED) is 0.790. The van der Waals surface area contributed by atoms with Gasteiger partial charge in [-0.05, 0) is 30.7 Å². The van der Waals surface area contributed by atoms with Crippen LogP contribution >= 0.6 is 0 Å². The molecule has 4 heteroatoms. The molecule has 0 saturated heterocycles. The normalized spacial score (nSPS) is 11.6. The highest BCUT2D eigenvalue weighted by Gasteiger charge is 2.10. The Kier molecular flexibility index (Phi) is 4.49. The van der Waals surface area contributed by atoms with E-state index in [1.165, 1.54) is 0 Å². The fraction of sp³-hybridized carbons (Fsp3) is 0.333. The Morgan fingerprint density at radius 2 is 2.12 bits per heavy atom. The molecule has 1 aromatic rings. The van der Waals surface area contributed by atoms with E-state index < -0.39 is 0 Å². The van der Waals surface area contributed by atoms with Crippen LogP contribution in [-0.2, 0) is 0 Å². The van der Waals surface area contributed by atoms with Gasteiger partial charge in [-0.1, -0.05) is 6.92 Å². The zero-order chi connectivity index (χ0) is 12.0. The predicted molar refractivity (Wildman–Crippen MR) is 61.8 cm³/mol. The lowest BCUT2D eigenvalue weighted by Gasteiger charge is -2.14. The summed E-state index contributed by atoms with van der Waals surface area (Å²) in [4.78, 5) is 11.7. The first-order valence-electron chi connectivity index (χ1n) is 5.22. The third-order valence-corrected chi connectivity index (χ3v) is 2.39. The number of amides is 1. The number of rotatable bonds is 4. The molecule has 0 spiro atoms. The highest BCUT2D eigenvalue weighted by Crippen LogP contribution is 2.03. The molecule has 0 aliphatic heterocycles. The van der Waals surface area contributed by atoms with Gasteiger partial charge in [0, 0.05) is 18.2 Å². The molecule has 1 unspecified atom stereocenters. The molecule has 1 amide bonds. The van der Waals surface area contributed by atoms with Gasteiger partial charge in [0.1, 0.15) is 0 Å². The first kappa shape index (κ1) is 12.2. The Morgan fingerprint density at radius 3 is 2.56 bits per heavy atom. The van der Waals surface area contributed by atoms with Crippen molar-refractivity contribution in [3.05, 3.63) is 35.4 Å². The molecule has 16 heavy (non-hydrogen) atoms. The van der Waals surface area contributed by atoms with Gasteiger partial charge in [-0.15, -0.1) is 0 Å². The molecule has 1 aromatic carbocycles. The molecule has 0 aliphatic rings. The van der Waals surface area contributed by atoms with Crippen LogP contribution in [0.15, 0.2) is 24.3 Å². The second-order valence-electron chi connectivity index (χ2n) is 3.50. The van der Waals surface area contributed by atoms with Crippen LogP contribution in [0.5, 0.6) is 0 Å². The van der Waals surface area contributed by atoms with Gasteiger partial charge in [0.15, 0.2) is 0 Å². The second-order valence-corrected chi connectivity index (χ2v) is 3.50. The minimum Gasteiger partial charge on any atom is -0.348 e. The van der Waals surface area contributed by atoms with Gasteiger partial charge in [0.25, 0.3) is 5.91 Å². The summed E-state index contributed by atoms with van der Waals surface area (Å²) in [6.07, 6.45) is 0.804. The van der Waals surface area contributed by atoms with Crippen LogP contribution in [0.25, 0.3) is 0 Å². The molecule has 3 N–H and O–H groups in total. The van der Waals surface area contributed by atoms with Crippen molar-refractivity contribution >= 4 is 5.91 Å². The van der Waals surface area contributed by atoms with Crippen molar-refractivity contribution in [3.63, 3.8) is 0 Å². The maximum atomic E-state index is 11.7. The van der Waals surface area contributed by atoms with Crippen molar-refractivity contribution < 1.29 is 4.79 Å². The standard InChI is InChI=1S/C12H15N3O/c1-2-11(8-14)15-12(16)10-5-3-9(7-13)4-6-10/h3-6,11H,2,8,14H2,1H3,(H,15,16). The lowest BCUT2D eigenvalue weighted by atomic mass is 10.1. The molecule has 0 heterocycles. The molecule has 4 nitrogen and oxygen atoms in total. The summed E-state index contributed by atoms with van der Waals surface area (Å²) >= 11 is 0. The van der Waals surface area contributed by atoms with Crippen molar-refractivity contribution in [1.29, 1.82) is 5.26 Å². The van der Waals surface area contributed by atoms with Crippen LogP contribution in [0.2, 0.25) is 0 Å². The maximum absolute atomic E-state index is 11.7. The van der Waals surface area contributed by atoms with E-state index in [2.05, 4.69) is 5.32 Å². The van der Waals surface area contributed by atoms with Crippen molar-refractivity contribution in [2.24, 2.45) is 5.73 Å². The summed E-state index contributed by atoms with van der Waals surface area (Å²) in [6.45, 7) is 2.40.